The van der Waals surface area contributed by atoms with Gasteiger partial charge in [-0.05, 0) is 30.5 Å². The van der Waals surface area contributed by atoms with Gasteiger partial charge in [0.15, 0.2) is 5.65 Å². The van der Waals surface area contributed by atoms with Crippen molar-refractivity contribution in [1.29, 1.82) is 5.26 Å². The highest BCUT2D eigenvalue weighted by molar-refractivity contribution is 5.96. The van der Waals surface area contributed by atoms with E-state index in [1.807, 2.05) is 30.4 Å². The van der Waals surface area contributed by atoms with Crippen molar-refractivity contribution < 1.29 is 14.3 Å². The van der Waals surface area contributed by atoms with Gasteiger partial charge in [0.2, 0.25) is 5.91 Å². The second-order valence-electron chi connectivity index (χ2n) is 8.56. The molecular formula is C24H23N7O3. The van der Waals surface area contributed by atoms with Crippen LogP contribution in [0.15, 0.2) is 36.5 Å². The van der Waals surface area contributed by atoms with Gasteiger partial charge in [-0.1, -0.05) is 6.08 Å². The van der Waals surface area contributed by atoms with Gasteiger partial charge >= 0.3 is 0 Å². The number of amides is 1. The average molecular weight is 457 g/mol. The summed E-state index contributed by atoms with van der Waals surface area (Å²) in [5.74, 6) is 2.03. The summed E-state index contributed by atoms with van der Waals surface area (Å²) in [4.78, 5) is 19.0. The first kappa shape index (κ1) is 20.5. The number of anilines is 4. The minimum Gasteiger partial charge on any atom is -0.487 e. The molecular weight excluding hydrogens is 434 g/mol. The Hall–Kier alpha value is -4.10. The van der Waals surface area contributed by atoms with E-state index in [9.17, 15) is 10.1 Å². The van der Waals surface area contributed by atoms with Crippen LogP contribution >= 0.6 is 0 Å². The normalized spacial score (nSPS) is 20.6. The number of aromatic nitrogens is 3. The molecule has 6 bridgehead atoms. The summed E-state index contributed by atoms with van der Waals surface area (Å²) in [6.07, 6.45) is 7.46. The van der Waals surface area contributed by atoms with Gasteiger partial charge in [-0.15, -0.1) is 0 Å². The average Bonchev–Trinajstić information content (AvgIpc) is 3.48. The fourth-order valence-electron chi connectivity index (χ4n) is 4.61. The molecule has 2 N–H and O–H groups in total. The molecule has 0 unspecified atom stereocenters. The van der Waals surface area contributed by atoms with Crippen molar-refractivity contribution in [1.82, 2.24) is 14.6 Å². The molecule has 0 saturated carbocycles. The standard InChI is InChI=1S/C24H23N7O3/c25-12-16-13-26-31-21-11-20(28-24(16)31)30-6-5-18(14-30)33-7-1-2-8-34-19-10-17(27-21)9-15-3-4-22(32)29-23(15)19/h1-2,9-11,13,18,27H,3-8,14H2,(H,29,32)/b2-1+/t18-/m0/s1. The van der Waals surface area contributed by atoms with E-state index in [0.717, 1.165) is 36.6 Å². The minimum absolute atomic E-state index is 0.0188. The summed E-state index contributed by atoms with van der Waals surface area (Å²) in [5.41, 5.74) is 3.42. The van der Waals surface area contributed by atoms with Gasteiger partial charge in [0.05, 0.1) is 24.6 Å². The third-order valence-electron chi connectivity index (χ3n) is 6.32. The molecule has 3 aliphatic heterocycles. The van der Waals surface area contributed by atoms with E-state index < -0.39 is 0 Å². The number of nitriles is 1. The monoisotopic (exact) mass is 457 g/mol. The molecule has 172 valence electrons. The Morgan fingerprint density at radius 3 is 2.97 bits per heavy atom. The van der Waals surface area contributed by atoms with Crippen LogP contribution in [0.4, 0.5) is 23.0 Å². The van der Waals surface area contributed by atoms with Gasteiger partial charge in [0.25, 0.3) is 0 Å². The van der Waals surface area contributed by atoms with Crippen LogP contribution in [0.3, 0.4) is 0 Å². The first-order chi connectivity index (χ1) is 16.7. The van der Waals surface area contributed by atoms with Crippen LogP contribution < -0.4 is 20.3 Å². The number of ether oxygens (including phenoxy) is 2. The van der Waals surface area contributed by atoms with E-state index in [4.69, 9.17) is 14.5 Å². The van der Waals surface area contributed by atoms with Crippen molar-refractivity contribution in [2.45, 2.75) is 25.4 Å². The second kappa shape index (κ2) is 8.35. The van der Waals surface area contributed by atoms with Crippen LogP contribution in [0, 0.1) is 11.3 Å². The van der Waals surface area contributed by atoms with Crippen LogP contribution in [-0.4, -0.2) is 52.9 Å². The summed E-state index contributed by atoms with van der Waals surface area (Å²) in [7, 11) is 0. The number of hydrogen-bond donors (Lipinski definition) is 2. The predicted molar refractivity (Wildman–Crippen MR) is 126 cm³/mol. The fourth-order valence-corrected chi connectivity index (χ4v) is 4.61. The number of aryl methyl sites for hydroxylation is 1. The van der Waals surface area contributed by atoms with Gasteiger partial charge in [-0.2, -0.15) is 14.9 Å². The molecule has 5 heterocycles. The third-order valence-corrected chi connectivity index (χ3v) is 6.32. The van der Waals surface area contributed by atoms with E-state index >= 15 is 0 Å². The Labute approximate surface area is 195 Å². The van der Waals surface area contributed by atoms with Crippen molar-refractivity contribution in [3.63, 3.8) is 0 Å². The SMILES string of the molecule is N#Cc1cnn2c3cc(nc12)N1CC[C@@H](C1)OC/C=C/COc1cc(cc2c1NC(=O)CC2)N3. The minimum atomic E-state index is -0.0188. The predicted octanol–water partition coefficient (Wildman–Crippen LogP) is 2.77. The van der Waals surface area contributed by atoms with Crippen molar-refractivity contribution >= 4 is 34.6 Å². The zero-order chi connectivity index (χ0) is 23.1. The molecule has 1 amide bonds. The molecule has 10 heteroatoms. The van der Waals surface area contributed by atoms with Crippen LogP contribution in [0.2, 0.25) is 0 Å². The number of carbonyl (C=O) groups excluding carboxylic acids is 1. The number of hydrogen-bond acceptors (Lipinski definition) is 8. The quantitative estimate of drug-likeness (QED) is 0.495. The Bertz CT molecular complexity index is 1360. The third kappa shape index (κ3) is 3.70. The molecule has 1 aromatic carbocycles. The molecule has 3 aliphatic rings. The highest BCUT2D eigenvalue weighted by Gasteiger charge is 2.26. The molecule has 0 radical (unpaired) electrons. The van der Waals surface area contributed by atoms with Crippen molar-refractivity contribution in [2.75, 3.05) is 41.8 Å². The van der Waals surface area contributed by atoms with E-state index in [0.29, 0.717) is 54.5 Å². The Morgan fingerprint density at radius 2 is 2.06 bits per heavy atom. The summed E-state index contributed by atoms with van der Waals surface area (Å²) in [6.45, 7) is 2.40. The Kier molecular flexibility index (Phi) is 5.04. The zero-order valence-electron chi connectivity index (χ0n) is 18.5. The smallest absolute Gasteiger partial charge is 0.224 e. The zero-order valence-corrected chi connectivity index (χ0v) is 18.5. The number of benzene rings is 1. The lowest BCUT2D eigenvalue weighted by molar-refractivity contribution is -0.116. The van der Waals surface area contributed by atoms with E-state index in [2.05, 4.69) is 26.7 Å². The van der Waals surface area contributed by atoms with Gasteiger partial charge in [-0.25, -0.2) is 4.98 Å². The Balaban J connectivity index is 1.48. The van der Waals surface area contributed by atoms with E-state index in [1.165, 1.54) is 6.20 Å². The Morgan fingerprint density at radius 1 is 1.15 bits per heavy atom. The summed E-state index contributed by atoms with van der Waals surface area (Å²) in [5, 5.41) is 20.4. The van der Waals surface area contributed by atoms with Gasteiger partial charge in [-0.3, -0.25) is 4.79 Å². The number of carbonyl (C=O) groups is 1. The van der Waals surface area contributed by atoms with Crippen LogP contribution in [-0.2, 0) is 16.0 Å². The first-order valence-corrected chi connectivity index (χ1v) is 11.3. The van der Waals surface area contributed by atoms with Crippen molar-refractivity contribution in [2.24, 2.45) is 0 Å². The van der Waals surface area contributed by atoms with E-state index in [1.54, 1.807) is 4.52 Å². The number of nitrogens with one attached hydrogen (secondary N) is 2. The highest BCUT2D eigenvalue weighted by Crippen LogP contribution is 2.37. The maximum Gasteiger partial charge on any atom is 0.224 e. The number of nitrogens with zero attached hydrogens (tertiary/aromatic N) is 5. The fraction of sp³-hybridized carbons (Fsp3) is 0.333. The van der Waals surface area contributed by atoms with Gasteiger partial charge in [0, 0.05) is 37.3 Å². The molecule has 1 fully saturated rings. The summed E-state index contributed by atoms with van der Waals surface area (Å²) in [6, 6.07) is 8.01. The molecule has 10 nitrogen and oxygen atoms in total. The maximum atomic E-state index is 12.0. The van der Waals surface area contributed by atoms with E-state index in [-0.39, 0.29) is 12.0 Å². The second-order valence-corrected chi connectivity index (χ2v) is 8.56. The van der Waals surface area contributed by atoms with Crippen molar-refractivity contribution in [3.8, 4) is 11.8 Å². The lowest BCUT2D eigenvalue weighted by Crippen LogP contribution is -2.24. The highest BCUT2D eigenvalue weighted by atomic mass is 16.5. The molecule has 6 rings (SSSR count). The van der Waals surface area contributed by atoms with Crippen molar-refractivity contribution in [3.05, 3.63) is 47.7 Å². The van der Waals surface area contributed by atoms with Crippen LogP contribution in [0.25, 0.3) is 5.65 Å². The van der Waals surface area contributed by atoms with Crippen LogP contribution in [0.5, 0.6) is 5.75 Å². The maximum absolute atomic E-state index is 12.0. The molecule has 0 spiro atoms. The van der Waals surface area contributed by atoms with Gasteiger partial charge < -0.3 is 25.0 Å². The van der Waals surface area contributed by atoms with Gasteiger partial charge in [0.1, 0.15) is 35.6 Å². The molecule has 2 aromatic heterocycles. The molecule has 1 saturated heterocycles. The molecule has 3 aromatic rings. The molecule has 34 heavy (non-hydrogen) atoms. The lowest BCUT2D eigenvalue weighted by Gasteiger charge is -2.23. The topological polar surface area (TPSA) is 117 Å². The van der Waals surface area contributed by atoms with Crippen LogP contribution in [0.1, 0.15) is 24.0 Å². The molecule has 1 atom stereocenters. The number of rotatable bonds is 0. The molecule has 0 aliphatic carbocycles. The first-order valence-electron chi connectivity index (χ1n) is 11.3. The summed E-state index contributed by atoms with van der Waals surface area (Å²) < 4.78 is 13.7. The summed E-state index contributed by atoms with van der Waals surface area (Å²) >= 11 is 0. The largest absolute Gasteiger partial charge is 0.487 e. The lowest BCUT2D eigenvalue weighted by atomic mass is 10.0. The number of fused-ring (bicyclic) bond motifs is 11.